The number of rotatable bonds is 7. The summed E-state index contributed by atoms with van der Waals surface area (Å²) in [5.74, 6) is -0.550. The first-order valence-corrected chi connectivity index (χ1v) is 12.4. The van der Waals surface area contributed by atoms with E-state index in [-0.39, 0.29) is 35.2 Å². The van der Waals surface area contributed by atoms with Crippen molar-refractivity contribution in [3.63, 3.8) is 0 Å². The molecular weight excluding hydrogens is 428 g/mol. The number of aryl methyl sites for hydroxylation is 4. The molecule has 0 atom stereocenters. The molecular formula is C23H32N4O4S. The van der Waals surface area contributed by atoms with Crippen LogP contribution in [0.25, 0.3) is 0 Å². The number of nitrogens with one attached hydrogen (secondary N) is 3. The highest BCUT2D eigenvalue weighted by Gasteiger charge is 2.31. The van der Waals surface area contributed by atoms with Crippen LogP contribution in [0.2, 0.25) is 0 Å². The van der Waals surface area contributed by atoms with E-state index in [0.29, 0.717) is 30.2 Å². The van der Waals surface area contributed by atoms with Crippen LogP contribution >= 0.6 is 0 Å². The maximum atomic E-state index is 13.1. The van der Waals surface area contributed by atoms with Gasteiger partial charge in [-0.1, -0.05) is 17.7 Å². The number of aromatic amines is 1. The molecule has 1 saturated heterocycles. The maximum absolute atomic E-state index is 13.1. The van der Waals surface area contributed by atoms with E-state index in [1.54, 1.807) is 18.7 Å². The van der Waals surface area contributed by atoms with E-state index in [1.165, 1.54) is 0 Å². The molecule has 1 aliphatic heterocycles. The minimum atomic E-state index is -3.98. The van der Waals surface area contributed by atoms with Crippen LogP contribution in [0, 0.1) is 27.7 Å². The SMILES string of the molecule is Cc1ccc(NC(=O)CCNS(=O)(=O)c2c(C)[nH]c(C)c2C(=O)N2CCCCC2)c(C)c1. The van der Waals surface area contributed by atoms with Crippen LogP contribution in [0.4, 0.5) is 5.69 Å². The van der Waals surface area contributed by atoms with E-state index in [1.807, 2.05) is 32.0 Å². The topological polar surface area (TPSA) is 111 Å². The molecule has 1 fully saturated rings. The zero-order chi connectivity index (χ0) is 23.5. The molecule has 1 aromatic heterocycles. The Hall–Kier alpha value is -2.65. The minimum Gasteiger partial charge on any atom is -0.361 e. The zero-order valence-electron chi connectivity index (χ0n) is 19.2. The average Bonchev–Trinajstić information content (AvgIpc) is 3.04. The first-order valence-electron chi connectivity index (χ1n) is 11.0. The van der Waals surface area contributed by atoms with E-state index < -0.39 is 10.0 Å². The lowest BCUT2D eigenvalue weighted by Crippen LogP contribution is -2.37. The van der Waals surface area contributed by atoms with Crippen LogP contribution in [0.5, 0.6) is 0 Å². The van der Waals surface area contributed by atoms with Crippen LogP contribution < -0.4 is 10.0 Å². The van der Waals surface area contributed by atoms with E-state index in [2.05, 4.69) is 15.0 Å². The number of carbonyl (C=O) groups excluding carboxylic acids is 2. The molecule has 1 aromatic carbocycles. The normalized spacial score (nSPS) is 14.4. The van der Waals surface area contributed by atoms with Crippen molar-refractivity contribution in [1.29, 1.82) is 0 Å². The van der Waals surface area contributed by atoms with Gasteiger partial charge in [-0.15, -0.1) is 0 Å². The molecule has 8 nitrogen and oxygen atoms in total. The molecule has 0 bridgehead atoms. The van der Waals surface area contributed by atoms with Gasteiger partial charge in [-0.05, 0) is 58.6 Å². The van der Waals surface area contributed by atoms with Gasteiger partial charge in [0.25, 0.3) is 5.91 Å². The Morgan fingerprint density at radius 3 is 2.38 bits per heavy atom. The Balaban J connectivity index is 1.69. The molecule has 1 aliphatic rings. The lowest BCUT2D eigenvalue weighted by molar-refractivity contribution is -0.116. The summed E-state index contributed by atoms with van der Waals surface area (Å²) in [6, 6.07) is 5.70. The van der Waals surface area contributed by atoms with Crippen molar-refractivity contribution in [2.45, 2.75) is 58.3 Å². The molecule has 32 heavy (non-hydrogen) atoms. The van der Waals surface area contributed by atoms with Gasteiger partial charge in [0.05, 0.1) is 5.56 Å². The number of amides is 2. The highest BCUT2D eigenvalue weighted by Crippen LogP contribution is 2.26. The number of hydrogen-bond acceptors (Lipinski definition) is 4. The first kappa shape index (κ1) is 24.0. The van der Waals surface area contributed by atoms with E-state index in [9.17, 15) is 18.0 Å². The summed E-state index contributed by atoms with van der Waals surface area (Å²) in [5, 5.41) is 2.81. The summed E-state index contributed by atoms with van der Waals surface area (Å²) in [7, 11) is -3.98. The zero-order valence-corrected chi connectivity index (χ0v) is 20.0. The molecule has 0 radical (unpaired) electrons. The molecule has 0 spiro atoms. The van der Waals surface area contributed by atoms with Crippen molar-refractivity contribution in [2.24, 2.45) is 0 Å². The molecule has 174 valence electrons. The summed E-state index contributed by atoms with van der Waals surface area (Å²) in [6.07, 6.45) is 2.89. The highest BCUT2D eigenvalue weighted by molar-refractivity contribution is 7.89. The van der Waals surface area contributed by atoms with Crippen LogP contribution in [-0.2, 0) is 14.8 Å². The quantitative estimate of drug-likeness (QED) is 0.589. The van der Waals surface area contributed by atoms with Crippen molar-refractivity contribution in [2.75, 3.05) is 25.0 Å². The van der Waals surface area contributed by atoms with Gasteiger partial charge in [0.15, 0.2) is 0 Å². The fourth-order valence-corrected chi connectivity index (χ4v) is 5.62. The van der Waals surface area contributed by atoms with E-state index in [0.717, 1.165) is 30.4 Å². The molecule has 0 aliphatic carbocycles. The first-order chi connectivity index (χ1) is 15.1. The number of anilines is 1. The summed E-state index contributed by atoms with van der Waals surface area (Å²) < 4.78 is 28.6. The fourth-order valence-electron chi connectivity index (χ4n) is 4.14. The van der Waals surface area contributed by atoms with Gasteiger partial charge in [0, 0.05) is 43.1 Å². The van der Waals surface area contributed by atoms with Crippen LogP contribution in [0.3, 0.4) is 0 Å². The van der Waals surface area contributed by atoms with Crippen LogP contribution in [0.1, 0.15) is 58.6 Å². The standard InChI is InChI=1S/C23H32N4O4S/c1-15-8-9-19(16(2)14-15)26-20(28)10-11-24-32(30,31)22-18(4)25-17(3)21(22)23(29)27-12-6-5-7-13-27/h8-9,14,24-25H,5-7,10-13H2,1-4H3,(H,26,28). The summed E-state index contributed by atoms with van der Waals surface area (Å²) in [5.41, 5.74) is 3.88. The highest BCUT2D eigenvalue weighted by atomic mass is 32.2. The number of aromatic nitrogens is 1. The summed E-state index contributed by atoms with van der Waals surface area (Å²) >= 11 is 0. The molecule has 9 heteroatoms. The molecule has 2 amide bonds. The van der Waals surface area contributed by atoms with Gasteiger partial charge in [-0.3, -0.25) is 9.59 Å². The number of H-pyrrole nitrogens is 1. The van der Waals surface area contributed by atoms with Crippen molar-refractivity contribution in [3.05, 3.63) is 46.3 Å². The largest absolute Gasteiger partial charge is 0.361 e. The Labute approximate surface area is 189 Å². The Bertz CT molecular complexity index is 1120. The van der Waals surface area contributed by atoms with Crippen molar-refractivity contribution < 1.29 is 18.0 Å². The second-order valence-electron chi connectivity index (χ2n) is 8.45. The Kier molecular flexibility index (Phi) is 7.40. The fraction of sp³-hybridized carbons (Fsp3) is 0.478. The third-order valence-corrected chi connectivity index (χ3v) is 7.38. The number of carbonyl (C=O) groups is 2. The predicted molar refractivity (Wildman–Crippen MR) is 124 cm³/mol. The van der Waals surface area contributed by atoms with Gasteiger partial charge < -0.3 is 15.2 Å². The molecule has 0 unspecified atom stereocenters. The van der Waals surface area contributed by atoms with Gasteiger partial charge in [-0.2, -0.15) is 0 Å². The third kappa shape index (κ3) is 5.39. The Morgan fingerprint density at radius 1 is 1.03 bits per heavy atom. The van der Waals surface area contributed by atoms with E-state index in [4.69, 9.17) is 0 Å². The number of likely N-dealkylation sites (tertiary alicyclic amines) is 1. The third-order valence-electron chi connectivity index (χ3n) is 5.74. The average molecular weight is 461 g/mol. The van der Waals surface area contributed by atoms with Crippen LogP contribution in [0.15, 0.2) is 23.1 Å². The number of hydrogen-bond donors (Lipinski definition) is 3. The second-order valence-corrected chi connectivity index (χ2v) is 10.2. The number of sulfonamides is 1. The van der Waals surface area contributed by atoms with E-state index >= 15 is 0 Å². The van der Waals surface area contributed by atoms with Gasteiger partial charge in [0.2, 0.25) is 15.9 Å². The van der Waals surface area contributed by atoms with Gasteiger partial charge >= 0.3 is 0 Å². The lowest BCUT2D eigenvalue weighted by Gasteiger charge is -2.27. The van der Waals surface area contributed by atoms with Crippen molar-refractivity contribution in [1.82, 2.24) is 14.6 Å². The Morgan fingerprint density at radius 2 is 1.72 bits per heavy atom. The molecule has 2 aromatic rings. The number of nitrogens with zero attached hydrogens (tertiary/aromatic N) is 1. The monoisotopic (exact) mass is 460 g/mol. The number of piperidine rings is 1. The molecule has 3 N–H and O–H groups in total. The summed E-state index contributed by atoms with van der Waals surface area (Å²) in [6.45, 7) is 8.43. The summed E-state index contributed by atoms with van der Waals surface area (Å²) in [4.78, 5) is 30.1. The van der Waals surface area contributed by atoms with Gasteiger partial charge in [-0.25, -0.2) is 13.1 Å². The molecule has 2 heterocycles. The van der Waals surface area contributed by atoms with Crippen molar-refractivity contribution >= 4 is 27.5 Å². The van der Waals surface area contributed by atoms with Crippen LogP contribution in [-0.4, -0.2) is 49.8 Å². The smallest absolute Gasteiger partial charge is 0.257 e. The number of benzene rings is 1. The molecule has 3 rings (SSSR count). The molecule has 0 saturated carbocycles. The van der Waals surface area contributed by atoms with Crippen molar-refractivity contribution in [3.8, 4) is 0 Å². The lowest BCUT2D eigenvalue weighted by atomic mass is 10.1. The maximum Gasteiger partial charge on any atom is 0.257 e. The minimum absolute atomic E-state index is 0.0234. The second kappa shape index (κ2) is 9.87. The predicted octanol–water partition coefficient (Wildman–Crippen LogP) is 3.18. The van der Waals surface area contributed by atoms with Gasteiger partial charge in [0.1, 0.15) is 4.90 Å².